The fourth-order valence-electron chi connectivity index (χ4n) is 0.377. The Bertz CT molecular complexity index is 251. The summed E-state index contributed by atoms with van der Waals surface area (Å²) < 4.78 is 0. The molecule has 0 saturated carbocycles. The molecule has 0 saturated heterocycles. The van der Waals surface area contributed by atoms with Gasteiger partial charge in [0, 0.05) is 0 Å². The van der Waals surface area contributed by atoms with E-state index in [1.54, 1.807) is 0 Å². The Morgan fingerprint density at radius 1 is 1.08 bits per heavy atom. The molecule has 0 heterocycles. The van der Waals surface area contributed by atoms with Gasteiger partial charge in [-0.3, -0.25) is 4.79 Å². The minimum atomic E-state index is -5.07. The number of rotatable bonds is 4. The van der Waals surface area contributed by atoms with E-state index in [1.807, 2.05) is 0 Å². The summed E-state index contributed by atoms with van der Waals surface area (Å²) in [6.07, 6.45) is -2.70. The number of aliphatic hydroxyl groups is 1. The monoisotopic (exact) mass is 213 g/mol. The number of Topliss-reactive ketones (excluding diaryl/α,β-unsaturated/α-hetero) is 1. The number of carboxylic acid groups (broad SMARTS) is 1. The molecule has 0 aliphatic heterocycles. The van der Waals surface area contributed by atoms with Gasteiger partial charge in [0.2, 0.25) is 6.10 Å². The number of carbonyl (C=O) groups excluding carboxylic acids is 2. The minimum absolute atomic E-state index is 1.98. The third-order valence-electron chi connectivity index (χ3n) is 0.966. The zero-order chi connectivity index (χ0) is 10.8. The van der Waals surface area contributed by atoms with Crippen LogP contribution in [-0.4, -0.2) is 48.3 Å². The zero-order valence-electron chi connectivity index (χ0n) is 5.99. The van der Waals surface area contributed by atoms with Gasteiger partial charge in [0.15, 0.2) is 0 Å². The minimum Gasteiger partial charge on any atom is -0.479 e. The maximum Gasteiger partial charge on any atom is 0.487 e. The van der Waals surface area contributed by atoms with E-state index in [0.717, 1.165) is 0 Å². The zero-order valence-corrected chi connectivity index (χ0v) is 6.88. The maximum atomic E-state index is 10.5. The number of aliphatic carboxylic acids is 1. The van der Waals surface area contributed by atoms with E-state index in [2.05, 4.69) is 0 Å². The summed E-state index contributed by atoms with van der Waals surface area (Å²) in [5.41, 5.74) is -2.11. The molecule has 0 aliphatic rings. The van der Waals surface area contributed by atoms with E-state index in [-0.39, 0.29) is 0 Å². The van der Waals surface area contributed by atoms with Crippen LogP contribution in [0.2, 0.25) is 0 Å². The molecular weight excluding hydrogens is 207 g/mol. The van der Waals surface area contributed by atoms with Crippen molar-refractivity contribution in [3.8, 4) is 0 Å². The van der Waals surface area contributed by atoms with Crippen LogP contribution in [0.1, 0.15) is 0 Å². The molecule has 0 radical (unpaired) electrons. The lowest BCUT2D eigenvalue weighted by Gasteiger charge is -2.02. The molecule has 0 amide bonds. The van der Waals surface area contributed by atoms with Crippen molar-refractivity contribution < 1.29 is 39.3 Å². The first-order chi connectivity index (χ1) is 5.68. The van der Waals surface area contributed by atoms with Crippen molar-refractivity contribution in [2.75, 3.05) is 0 Å². The number of hydrogen-bond donors (Lipinski definition) is 5. The predicted molar refractivity (Wildman–Crippen MR) is 37.2 cm³/mol. The average molecular weight is 213 g/mol. The van der Waals surface area contributed by atoms with Crippen molar-refractivity contribution in [3.63, 3.8) is 0 Å². The molecule has 1 atom stereocenters. The van der Waals surface area contributed by atoms with Gasteiger partial charge in [-0.1, -0.05) is 0 Å². The summed E-state index contributed by atoms with van der Waals surface area (Å²) in [5, 5.41) is 16.5. The molecule has 13 heavy (non-hydrogen) atoms. The van der Waals surface area contributed by atoms with Crippen molar-refractivity contribution in [2.45, 2.75) is 6.10 Å². The summed E-state index contributed by atoms with van der Waals surface area (Å²) in [4.78, 5) is 55.6. The topological polar surface area (TPSA) is 152 Å². The van der Waals surface area contributed by atoms with E-state index >= 15 is 0 Å². The first-order valence-corrected chi connectivity index (χ1v) is 4.39. The van der Waals surface area contributed by atoms with Gasteiger partial charge in [0.1, 0.15) is 0 Å². The molecule has 74 valence electrons. The van der Waals surface area contributed by atoms with Gasteiger partial charge in [-0.2, -0.15) is 14.7 Å². The largest absolute Gasteiger partial charge is 0.487 e. The molecule has 5 N–H and O–H groups in total. The van der Waals surface area contributed by atoms with E-state index in [4.69, 9.17) is 24.9 Å². The molecule has 1 unspecified atom stereocenters. The average Bonchev–Trinajstić information content (AvgIpc) is 1.98. The second kappa shape index (κ2) is 3.86. The lowest BCUT2D eigenvalue weighted by Crippen LogP contribution is -2.35. The van der Waals surface area contributed by atoms with E-state index < -0.39 is 31.3 Å². The van der Waals surface area contributed by atoms with Crippen molar-refractivity contribution in [2.24, 2.45) is 0 Å². The summed E-state index contributed by atoms with van der Waals surface area (Å²) in [5.74, 6) is -4.00. The molecule has 9 heteroatoms. The van der Waals surface area contributed by atoms with Crippen LogP contribution in [0.25, 0.3) is 0 Å². The highest BCUT2D eigenvalue weighted by Gasteiger charge is 2.51. The molecule has 0 aromatic heterocycles. The highest BCUT2D eigenvalue weighted by molar-refractivity contribution is 7.78. The number of ketones is 1. The van der Waals surface area contributed by atoms with Crippen LogP contribution in [0, 0.1) is 0 Å². The van der Waals surface area contributed by atoms with Gasteiger partial charge in [-0.15, -0.1) is 0 Å². The van der Waals surface area contributed by atoms with Gasteiger partial charge in [0.25, 0.3) is 5.78 Å². The maximum absolute atomic E-state index is 10.5. The Labute approximate surface area is 71.6 Å². The predicted octanol–water partition coefficient (Wildman–Crippen LogP) is -2.73. The third-order valence-corrected chi connectivity index (χ3v) is 1.73. The Kier molecular flexibility index (Phi) is 3.59. The second-order valence-electron chi connectivity index (χ2n) is 1.98. The van der Waals surface area contributed by atoms with Crippen molar-refractivity contribution in [1.82, 2.24) is 0 Å². The summed E-state index contributed by atoms with van der Waals surface area (Å²) in [7, 11) is -5.07. The van der Waals surface area contributed by atoms with Gasteiger partial charge >= 0.3 is 19.4 Å². The molecule has 0 spiro atoms. The molecule has 8 nitrogen and oxygen atoms in total. The highest BCUT2D eigenvalue weighted by atomic mass is 31.2. The molecular formula is C4H6O8P+. The molecule has 0 bridgehead atoms. The second-order valence-corrected chi connectivity index (χ2v) is 3.52. The molecule has 0 aromatic rings. The van der Waals surface area contributed by atoms with Gasteiger partial charge < -0.3 is 10.2 Å². The van der Waals surface area contributed by atoms with Crippen LogP contribution in [0.3, 0.4) is 0 Å². The summed E-state index contributed by atoms with van der Waals surface area (Å²) in [6, 6.07) is 0. The van der Waals surface area contributed by atoms with E-state index in [1.165, 1.54) is 0 Å². The highest BCUT2D eigenvalue weighted by Crippen LogP contribution is 2.45. The van der Waals surface area contributed by atoms with Gasteiger partial charge in [0.05, 0.1) is 0 Å². The smallest absolute Gasteiger partial charge is 0.479 e. The van der Waals surface area contributed by atoms with Crippen molar-refractivity contribution in [3.05, 3.63) is 0 Å². The number of hydrogen-bond acceptors (Lipinski definition) is 7. The van der Waals surface area contributed by atoms with E-state index in [9.17, 15) is 14.4 Å². The van der Waals surface area contributed by atoms with Crippen LogP contribution in [0.4, 0.5) is 0 Å². The van der Waals surface area contributed by atoms with Crippen LogP contribution >= 0.6 is 7.94 Å². The van der Waals surface area contributed by atoms with Gasteiger partial charge in [-0.05, 0) is 0 Å². The fraction of sp³-hybridized carbons (Fsp3) is 0.250. The first kappa shape index (κ1) is 12.1. The van der Waals surface area contributed by atoms with Crippen molar-refractivity contribution >= 4 is 25.2 Å². The summed E-state index contributed by atoms with van der Waals surface area (Å²) in [6.45, 7) is 0. The Balaban J connectivity index is 4.64. The Morgan fingerprint density at radius 3 is 1.69 bits per heavy atom. The molecule has 0 fully saturated rings. The number of aliphatic hydroxyl groups excluding tert-OH is 1. The first-order valence-electron chi connectivity index (χ1n) is 2.75. The number of carboxylic acids is 1. The van der Waals surface area contributed by atoms with Crippen LogP contribution in [-0.2, 0) is 14.4 Å². The fourth-order valence-corrected chi connectivity index (χ4v) is 0.795. The molecule has 0 aliphatic carbocycles. The molecule has 0 aromatic carbocycles. The lowest BCUT2D eigenvalue weighted by molar-refractivity contribution is -0.154. The molecule has 0 rings (SSSR count). The van der Waals surface area contributed by atoms with Gasteiger partial charge in [-0.25, -0.2) is 9.59 Å². The van der Waals surface area contributed by atoms with Crippen LogP contribution in [0.5, 0.6) is 0 Å². The van der Waals surface area contributed by atoms with E-state index in [0.29, 0.717) is 0 Å². The Hall–Kier alpha value is -0.920. The SMILES string of the molecule is O=C(O)C(O)C(=O)C(=O)[P+](O)(O)O. The standard InChI is InChI=1S/C4H5O8P/c5-1(3(7)8)2(6)4(9)13(10,11)12/h1,5,10-12H/p+1. The summed E-state index contributed by atoms with van der Waals surface area (Å²) >= 11 is 0. The van der Waals surface area contributed by atoms with Crippen molar-refractivity contribution in [1.29, 1.82) is 0 Å². The Morgan fingerprint density at radius 2 is 1.46 bits per heavy atom. The van der Waals surface area contributed by atoms with Crippen LogP contribution < -0.4 is 0 Å². The lowest BCUT2D eigenvalue weighted by atomic mass is 10.2. The quantitative estimate of drug-likeness (QED) is 0.191. The normalized spacial score (nSPS) is 13.5. The number of carbonyl (C=O) groups is 3. The third kappa shape index (κ3) is 3.13. The van der Waals surface area contributed by atoms with Crippen LogP contribution in [0.15, 0.2) is 0 Å².